The largest absolute Gasteiger partial charge is 0.465 e. The van der Waals surface area contributed by atoms with Gasteiger partial charge >= 0.3 is 11.9 Å². The Hall–Kier alpha value is -2.96. The molecule has 2 aliphatic carbocycles. The highest BCUT2D eigenvalue weighted by Gasteiger charge is 2.38. The molecule has 0 bridgehead atoms. The van der Waals surface area contributed by atoms with E-state index in [2.05, 4.69) is 0 Å². The molecule has 176 valence electrons. The number of fused-ring (bicyclic) bond motifs is 2. The van der Waals surface area contributed by atoms with Crippen LogP contribution in [-0.4, -0.2) is 23.5 Å². The van der Waals surface area contributed by atoms with Gasteiger partial charge in [-0.1, -0.05) is 27.7 Å². The van der Waals surface area contributed by atoms with Crippen LogP contribution in [0.15, 0.2) is 8.83 Å². The van der Waals surface area contributed by atoms with Gasteiger partial charge in [0.15, 0.2) is 11.6 Å². The number of Topliss-reactive ketones (excluding diaryl/α,β-unsaturated/α-hetero) is 2. The second kappa shape index (κ2) is 7.82. The van der Waals surface area contributed by atoms with E-state index in [1.807, 2.05) is 27.7 Å². The molecule has 0 amide bonds. The summed E-state index contributed by atoms with van der Waals surface area (Å²) in [6.45, 7) is 11.4. The Morgan fingerprint density at radius 1 is 0.727 bits per heavy atom. The van der Waals surface area contributed by atoms with Crippen LogP contribution < -0.4 is 0 Å². The first kappa shape index (κ1) is 23.2. The van der Waals surface area contributed by atoms with Crippen LogP contribution >= 0.6 is 0 Å². The maximum atomic E-state index is 12.7. The SMILES string of the molecule is Cc1oc2c(c1CC(=O)OC(=O)Cc1c(C)oc3c1C(=O)CC(C)(C)C3)C(=O)CC(C)(C)C2. The second-order valence-corrected chi connectivity index (χ2v) is 11.0. The highest BCUT2D eigenvalue weighted by Crippen LogP contribution is 2.40. The number of carbonyl (C=O) groups is 4. The highest BCUT2D eigenvalue weighted by molar-refractivity contribution is 6.02. The van der Waals surface area contributed by atoms with Crippen LogP contribution in [-0.2, 0) is 40.0 Å². The minimum absolute atomic E-state index is 0.0608. The summed E-state index contributed by atoms with van der Waals surface area (Å²) in [5.41, 5.74) is 1.47. The van der Waals surface area contributed by atoms with Crippen LogP contribution in [0.25, 0.3) is 0 Å². The number of aryl methyl sites for hydroxylation is 2. The summed E-state index contributed by atoms with van der Waals surface area (Å²) in [5.74, 6) is 0.518. The van der Waals surface area contributed by atoms with Crippen molar-refractivity contribution in [3.8, 4) is 0 Å². The predicted octanol–water partition coefficient (Wildman–Crippen LogP) is 4.65. The van der Waals surface area contributed by atoms with E-state index in [4.69, 9.17) is 13.6 Å². The summed E-state index contributed by atoms with van der Waals surface area (Å²) in [4.78, 5) is 50.5. The van der Waals surface area contributed by atoms with Crippen molar-refractivity contribution in [1.82, 2.24) is 0 Å². The van der Waals surface area contributed by atoms with E-state index in [9.17, 15) is 19.2 Å². The first-order valence-corrected chi connectivity index (χ1v) is 11.3. The molecular formula is C26H30O7. The van der Waals surface area contributed by atoms with Crippen molar-refractivity contribution in [3.05, 3.63) is 45.3 Å². The molecule has 0 atom stereocenters. The van der Waals surface area contributed by atoms with Crippen molar-refractivity contribution in [1.29, 1.82) is 0 Å². The van der Waals surface area contributed by atoms with Crippen molar-refractivity contribution in [2.75, 3.05) is 0 Å². The van der Waals surface area contributed by atoms with Gasteiger partial charge in [-0.2, -0.15) is 0 Å². The monoisotopic (exact) mass is 454 g/mol. The standard InChI is InChI=1S/C26H30O7/c1-13-15(23-17(27)9-25(3,4)11-19(23)31-13)7-21(29)33-22(30)8-16-14(2)32-20-12-26(5,6)10-18(28)24(16)20/h7-12H2,1-6H3. The van der Waals surface area contributed by atoms with Gasteiger partial charge in [0.2, 0.25) is 0 Å². The van der Waals surface area contributed by atoms with Crippen molar-refractivity contribution in [2.45, 2.75) is 80.1 Å². The zero-order valence-electron chi connectivity index (χ0n) is 20.1. The lowest BCUT2D eigenvalue weighted by Gasteiger charge is -2.27. The van der Waals surface area contributed by atoms with Gasteiger partial charge in [-0.25, -0.2) is 0 Å². The molecule has 2 aromatic heterocycles. The summed E-state index contributed by atoms with van der Waals surface area (Å²) in [6.07, 6.45) is 1.51. The topological polar surface area (TPSA) is 104 Å². The molecule has 7 nitrogen and oxygen atoms in total. The minimum atomic E-state index is -0.758. The fourth-order valence-corrected chi connectivity index (χ4v) is 5.13. The molecule has 0 fully saturated rings. The van der Waals surface area contributed by atoms with Gasteiger partial charge < -0.3 is 13.6 Å². The van der Waals surface area contributed by atoms with Crippen LogP contribution in [0.1, 0.15) is 95.4 Å². The van der Waals surface area contributed by atoms with Crippen LogP contribution in [0.5, 0.6) is 0 Å². The number of rotatable bonds is 4. The quantitative estimate of drug-likeness (QED) is 0.489. The maximum absolute atomic E-state index is 12.7. The summed E-state index contributed by atoms with van der Waals surface area (Å²) >= 11 is 0. The number of ether oxygens (including phenoxy) is 1. The van der Waals surface area contributed by atoms with Gasteiger partial charge in [-0.05, 0) is 24.7 Å². The van der Waals surface area contributed by atoms with Gasteiger partial charge in [0.05, 0.1) is 24.0 Å². The molecule has 0 aromatic carbocycles. The number of hydrogen-bond donors (Lipinski definition) is 0. The molecule has 0 saturated carbocycles. The van der Waals surface area contributed by atoms with Crippen LogP contribution in [0, 0.1) is 24.7 Å². The summed E-state index contributed by atoms with van der Waals surface area (Å²) in [6, 6.07) is 0. The first-order valence-electron chi connectivity index (χ1n) is 11.3. The van der Waals surface area contributed by atoms with E-state index >= 15 is 0 Å². The van der Waals surface area contributed by atoms with Gasteiger partial charge in [0, 0.05) is 36.8 Å². The molecule has 0 spiro atoms. The van der Waals surface area contributed by atoms with Gasteiger partial charge in [0.1, 0.15) is 23.0 Å². The average Bonchev–Trinajstić information content (AvgIpc) is 3.09. The molecule has 2 aliphatic rings. The van der Waals surface area contributed by atoms with E-state index in [1.54, 1.807) is 13.8 Å². The van der Waals surface area contributed by atoms with E-state index in [0.717, 1.165) is 0 Å². The van der Waals surface area contributed by atoms with Gasteiger partial charge in [0.25, 0.3) is 0 Å². The Morgan fingerprint density at radius 3 is 1.45 bits per heavy atom. The molecule has 33 heavy (non-hydrogen) atoms. The molecule has 0 unspecified atom stereocenters. The number of ketones is 2. The normalized spacial score (nSPS) is 18.6. The lowest BCUT2D eigenvalue weighted by Crippen LogP contribution is -2.27. The molecule has 7 heteroatoms. The smallest absolute Gasteiger partial charge is 0.318 e. The molecule has 4 rings (SSSR count). The van der Waals surface area contributed by atoms with Crippen molar-refractivity contribution < 1.29 is 32.7 Å². The zero-order valence-corrected chi connectivity index (χ0v) is 20.1. The average molecular weight is 455 g/mol. The maximum Gasteiger partial charge on any atom is 0.318 e. The number of carbonyl (C=O) groups excluding carboxylic acids is 4. The molecule has 2 aromatic rings. The van der Waals surface area contributed by atoms with Crippen LogP contribution in [0.4, 0.5) is 0 Å². The van der Waals surface area contributed by atoms with E-state index in [1.165, 1.54) is 0 Å². The number of esters is 2. The highest BCUT2D eigenvalue weighted by atomic mass is 16.6. The second-order valence-electron chi connectivity index (χ2n) is 11.0. The van der Waals surface area contributed by atoms with Gasteiger partial charge in [-0.15, -0.1) is 0 Å². The van der Waals surface area contributed by atoms with Crippen molar-refractivity contribution >= 4 is 23.5 Å². The predicted molar refractivity (Wildman–Crippen MR) is 118 cm³/mol. The third-order valence-electron chi connectivity index (χ3n) is 6.55. The molecule has 0 aliphatic heterocycles. The van der Waals surface area contributed by atoms with Crippen molar-refractivity contribution in [2.24, 2.45) is 10.8 Å². The van der Waals surface area contributed by atoms with E-state index in [-0.39, 0.29) is 35.2 Å². The molecule has 0 radical (unpaired) electrons. The molecular weight excluding hydrogens is 424 g/mol. The first-order chi connectivity index (χ1) is 15.3. The molecule has 0 N–H and O–H groups in total. The van der Waals surface area contributed by atoms with Crippen LogP contribution in [0.3, 0.4) is 0 Å². The Bertz CT molecular complexity index is 1090. The number of hydrogen-bond acceptors (Lipinski definition) is 7. The zero-order chi connectivity index (χ0) is 24.3. The summed E-state index contributed by atoms with van der Waals surface area (Å²) in [7, 11) is 0. The molecule has 2 heterocycles. The fraction of sp³-hybridized carbons (Fsp3) is 0.538. The summed E-state index contributed by atoms with van der Waals surface area (Å²) in [5, 5.41) is 0. The Labute approximate surface area is 192 Å². The Kier molecular flexibility index (Phi) is 5.50. The number of furan rings is 2. The Balaban J connectivity index is 1.47. The van der Waals surface area contributed by atoms with Crippen LogP contribution in [0.2, 0.25) is 0 Å². The van der Waals surface area contributed by atoms with E-state index < -0.39 is 11.9 Å². The Morgan fingerprint density at radius 2 is 1.09 bits per heavy atom. The lowest BCUT2D eigenvalue weighted by molar-refractivity contribution is -0.158. The van der Waals surface area contributed by atoms with E-state index in [0.29, 0.717) is 71.0 Å². The third kappa shape index (κ3) is 4.45. The lowest BCUT2D eigenvalue weighted by atomic mass is 9.75. The molecule has 0 saturated heterocycles. The minimum Gasteiger partial charge on any atom is -0.465 e. The fourth-order valence-electron chi connectivity index (χ4n) is 5.13. The van der Waals surface area contributed by atoms with Crippen molar-refractivity contribution in [3.63, 3.8) is 0 Å². The third-order valence-corrected chi connectivity index (χ3v) is 6.55. The van der Waals surface area contributed by atoms with Gasteiger partial charge in [-0.3, -0.25) is 19.2 Å². The summed E-state index contributed by atoms with van der Waals surface area (Å²) < 4.78 is 16.6.